The van der Waals surface area contributed by atoms with Gasteiger partial charge in [0.15, 0.2) is 5.78 Å². The number of hydrogen-bond donors (Lipinski definition) is 9. The van der Waals surface area contributed by atoms with Gasteiger partial charge in [0.25, 0.3) is 0 Å². The molecule has 0 saturated heterocycles. The van der Waals surface area contributed by atoms with Crippen LogP contribution in [0.2, 0.25) is 0 Å². The number of nitrogens with one attached hydrogen (secondary N) is 5. The number of alkyl halides is 1. The highest BCUT2D eigenvalue weighted by Gasteiger charge is 2.39. The fourth-order valence-electron chi connectivity index (χ4n) is 7.78. The number of aliphatic hydroxyl groups excluding tert-OH is 1. The molecule has 1 heterocycles. The largest absolute Gasteiger partial charge is 0.481 e. The summed E-state index contributed by atoms with van der Waals surface area (Å²) in [5.41, 5.74) is 5.89. The Morgan fingerprint density at radius 2 is 1.44 bits per heavy atom. The number of Topliss-reactive ketones (excluding diaryl/α,β-unsaturated/α-hetero) is 1. The van der Waals surface area contributed by atoms with Gasteiger partial charge >= 0.3 is 11.9 Å². The third-order valence-electron chi connectivity index (χ3n) is 11.4. The van der Waals surface area contributed by atoms with Crippen LogP contribution in [0.25, 0.3) is 11.1 Å². The van der Waals surface area contributed by atoms with Gasteiger partial charge < -0.3 is 57.1 Å². The van der Waals surface area contributed by atoms with E-state index in [1.807, 2.05) is 12.1 Å². The van der Waals surface area contributed by atoms with Crippen molar-refractivity contribution in [3.63, 3.8) is 0 Å². The predicted molar refractivity (Wildman–Crippen MR) is 263 cm³/mol. The number of benzene rings is 2. The zero-order valence-corrected chi connectivity index (χ0v) is 42.6. The molecule has 0 bridgehead atoms. The van der Waals surface area contributed by atoms with Crippen LogP contribution in [-0.4, -0.2) is 133 Å². The van der Waals surface area contributed by atoms with Crippen LogP contribution in [0.3, 0.4) is 0 Å². The first-order valence-electron chi connectivity index (χ1n) is 23.1. The van der Waals surface area contributed by atoms with Crippen LogP contribution in [0.1, 0.15) is 90.4 Å². The van der Waals surface area contributed by atoms with E-state index in [1.165, 1.54) is 18.7 Å². The first-order chi connectivity index (χ1) is 34.2. The van der Waals surface area contributed by atoms with Crippen molar-refractivity contribution in [1.29, 1.82) is 0 Å². The molecule has 0 fully saturated rings. The number of nitrogens with zero attached hydrogens (tertiary/aromatic N) is 2. The molecule has 0 saturated carbocycles. The average Bonchev–Trinajstić information content (AvgIpc) is 3.72. The number of carbonyl (C=O) groups excluding carboxylic acids is 8. The number of amides is 7. The summed E-state index contributed by atoms with van der Waals surface area (Å²) in [5, 5.41) is 40.7. The Kier molecular flexibility index (Phi) is 23.3. The van der Waals surface area contributed by atoms with Gasteiger partial charge in [0.1, 0.15) is 36.4 Å². The molecule has 0 radical (unpaired) electrons. The maximum absolute atomic E-state index is 15.3. The molecule has 398 valence electrons. The molecule has 0 unspecified atom stereocenters. The number of primary amides is 1. The van der Waals surface area contributed by atoms with Gasteiger partial charge in [0, 0.05) is 67.8 Å². The van der Waals surface area contributed by atoms with E-state index in [2.05, 4.69) is 42.5 Å². The van der Waals surface area contributed by atoms with E-state index in [4.69, 9.17) is 10.8 Å². The van der Waals surface area contributed by atoms with Crippen molar-refractivity contribution in [3.05, 3.63) is 83.7 Å². The molecule has 0 spiro atoms. The number of rotatable bonds is 29. The summed E-state index contributed by atoms with van der Waals surface area (Å²) in [6, 6.07) is 6.63. The summed E-state index contributed by atoms with van der Waals surface area (Å²) in [6.07, 6.45) is -1.62. The second-order valence-corrected chi connectivity index (χ2v) is 19.0. The van der Waals surface area contributed by atoms with Gasteiger partial charge in [0.2, 0.25) is 41.4 Å². The number of aromatic nitrogens is 1. The number of carbonyl (C=O) groups is 10. The smallest absolute Gasteiger partial charge is 0.326 e. The van der Waals surface area contributed by atoms with E-state index >= 15 is 4.39 Å². The van der Waals surface area contributed by atoms with Gasteiger partial charge in [-0.2, -0.15) is 0 Å². The van der Waals surface area contributed by atoms with Crippen molar-refractivity contribution in [1.82, 2.24) is 36.1 Å². The Bertz CT molecular complexity index is 2490. The summed E-state index contributed by atoms with van der Waals surface area (Å²) in [7, 11) is 0. The highest BCUT2D eigenvalue weighted by molar-refractivity contribution is 9.09. The van der Waals surface area contributed by atoms with Crippen LogP contribution >= 0.6 is 15.9 Å². The third-order valence-corrected chi connectivity index (χ3v) is 11.9. The molecule has 3 aromatic rings. The molecule has 1 aromatic heterocycles. The fourth-order valence-corrected chi connectivity index (χ4v) is 7.94. The van der Waals surface area contributed by atoms with Gasteiger partial charge in [-0.3, -0.25) is 43.2 Å². The van der Waals surface area contributed by atoms with Gasteiger partial charge in [-0.25, -0.2) is 13.6 Å². The summed E-state index contributed by atoms with van der Waals surface area (Å²) >= 11 is 2.98. The maximum Gasteiger partial charge on any atom is 0.326 e. The van der Waals surface area contributed by atoms with Gasteiger partial charge in [-0.1, -0.05) is 74.0 Å². The van der Waals surface area contributed by atoms with Crippen LogP contribution in [0, 0.1) is 23.0 Å². The van der Waals surface area contributed by atoms with E-state index < -0.39 is 170 Å². The van der Waals surface area contributed by atoms with Crippen LogP contribution in [0.4, 0.5) is 8.78 Å². The summed E-state index contributed by atoms with van der Waals surface area (Å²) < 4.78 is 31.7. The summed E-state index contributed by atoms with van der Waals surface area (Å²) in [5.74, 6) is -12.2. The highest BCUT2D eigenvalue weighted by Crippen LogP contribution is 2.41. The summed E-state index contributed by atoms with van der Waals surface area (Å²) in [6.45, 7) is 6.33. The van der Waals surface area contributed by atoms with Crippen molar-refractivity contribution in [2.75, 3.05) is 25.0 Å². The lowest BCUT2D eigenvalue weighted by atomic mass is 9.82. The lowest BCUT2D eigenvalue weighted by Crippen LogP contribution is -2.56. The van der Waals surface area contributed by atoms with E-state index in [9.17, 15) is 62.5 Å². The quantitative estimate of drug-likeness (QED) is 0.0451. The van der Waals surface area contributed by atoms with E-state index in [0.29, 0.717) is 5.69 Å². The first kappa shape index (κ1) is 60.2. The van der Waals surface area contributed by atoms with Crippen molar-refractivity contribution < 1.29 is 72.0 Å². The Hall–Kier alpha value is -7.08. The molecule has 21 nitrogen and oxygen atoms in total. The molecule has 0 aliphatic carbocycles. The lowest BCUT2D eigenvalue weighted by molar-refractivity contribution is -0.143. The second-order valence-electron chi connectivity index (χ2n) is 18.4. The zero-order valence-electron chi connectivity index (χ0n) is 41.0. The number of hydrogen-bond acceptors (Lipinski definition) is 11. The molecule has 3 rings (SSSR count). The third kappa shape index (κ3) is 19.1. The topological polar surface area (TPSA) is 326 Å². The molecular weight excluding hydrogens is 1030 g/mol. The Morgan fingerprint density at radius 1 is 0.781 bits per heavy atom. The highest BCUT2D eigenvalue weighted by atomic mass is 79.9. The molecule has 2 aromatic carbocycles. The maximum atomic E-state index is 15.3. The van der Waals surface area contributed by atoms with Gasteiger partial charge in [-0.15, -0.1) is 0 Å². The SMILES string of the molecule is C[C@H](NC(=O)CBr)C(=O)C[C@H](C)C(=O)N[C@@H](CC(N)=O)C(=O)N[C@@H](CCN(C(=O)CO)[C@@H](c1cc(-c2cc(F)ccc2F)cn1Cc1ccccc1)C(C)(C)C)C(=O)NCCC(=O)N[C@H](CCC(=O)O)C(=O)O. The number of ketones is 1. The van der Waals surface area contributed by atoms with Crippen molar-refractivity contribution in [2.24, 2.45) is 17.1 Å². The molecular formula is C49H63BrF2N8O13. The van der Waals surface area contributed by atoms with Gasteiger partial charge in [-0.05, 0) is 55.0 Å². The van der Waals surface area contributed by atoms with Crippen molar-refractivity contribution in [2.45, 2.75) is 110 Å². The summed E-state index contributed by atoms with van der Waals surface area (Å²) in [4.78, 5) is 129. The molecule has 24 heteroatoms. The number of carboxylic acids is 2. The molecule has 7 amide bonds. The number of nitrogens with two attached hydrogens (primary N) is 1. The second kappa shape index (κ2) is 28.2. The Balaban J connectivity index is 2.06. The number of aliphatic hydroxyl groups is 1. The predicted octanol–water partition coefficient (Wildman–Crippen LogP) is 2.06. The van der Waals surface area contributed by atoms with Crippen LogP contribution in [0.15, 0.2) is 60.8 Å². The number of carboxylic acid groups (broad SMARTS) is 2. The molecule has 0 aliphatic heterocycles. The van der Waals surface area contributed by atoms with E-state index in [-0.39, 0.29) is 23.0 Å². The van der Waals surface area contributed by atoms with E-state index in [0.717, 1.165) is 23.8 Å². The van der Waals surface area contributed by atoms with E-state index in [1.54, 1.807) is 55.8 Å². The number of halogens is 3. The van der Waals surface area contributed by atoms with Crippen molar-refractivity contribution in [3.8, 4) is 11.1 Å². The minimum atomic E-state index is -1.74. The Morgan fingerprint density at radius 3 is 2.03 bits per heavy atom. The molecule has 73 heavy (non-hydrogen) atoms. The van der Waals surface area contributed by atoms with Gasteiger partial charge in [0.05, 0.1) is 23.8 Å². The lowest BCUT2D eigenvalue weighted by Gasteiger charge is -2.41. The minimum Gasteiger partial charge on any atom is -0.481 e. The molecule has 6 atom stereocenters. The molecule has 10 N–H and O–H groups in total. The average molecular weight is 1090 g/mol. The monoisotopic (exact) mass is 1090 g/mol. The first-order valence-corrected chi connectivity index (χ1v) is 24.3. The normalized spacial score (nSPS) is 13.7. The minimum absolute atomic E-state index is 0.0837. The van der Waals surface area contributed by atoms with Crippen LogP contribution in [0.5, 0.6) is 0 Å². The van der Waals surface area contributed by atoms with Crippen LogP contribution in [-0.2, 0) is 54.5 Å². The number of aliphatic carboxylic acids is 2. The van der Waals surface area contributed by atoms with Crippen LogP contribution < -0.4 is 32.3 Å². The fraction of sp³-hybridized carbons (Fsp3) is 0.469. The standard InChI is InChI=1S/C49H63BrF2N8O13/c1-27(19-38(62)28(2)55-41(65)23-50)45(69)58-36(22-39(53)63)47(71)57-34(46(70)54-17-15-40(64)56-35(48(72)73)13-14-43(67)68)16-18-60(42(66)26-61)44(49(3,4)5)37-20-30(32-21-31(51)11-12-33(32)52)25-59(37)24-29-9-7-6-8-10-29/h6-12,20-21,25,27-28,34-36,44,61H,13-19,22-24,26H2,1-5H3,(H2,53,63)(H,54,70)(H,55,65)(H,56,64)(H,57,71)(H,58,69)(H,67,68)(H,72,73)/t27-,28-,34-,35+,36-,44-/m0/s1. The molecule has 0 aliphatic rings. The Labute approximate surface area is 428 Å². The zero-order chi connectivity index (χ0) is 54.7. The van der Waals surface area contributed by atoms with Crippen molar-refractivity contribution >= 4 is 75.0 Å².